The number of aryl methyl sites for hydroxylation is 2. The number of nitrogens with two attached hydrogens (primary N) is 1. The van der Waals surface area contributed by atoms with E-state index in [-0.39, 0.29) is 11.3 Å². The van der Waals surface area contributed by atoms with Gasteiger partial charge in [-0.2, -0.15) is 0 Å². The van der Waals surface area contributed by atoms with Crippen molar-refractivity contribution in [3.05, 3.63) is 83.3 Å². The van der Waals surface area contributed by atoms with Gasteiger partial charge in [0.15, 0.2) is 12.0 Å². The van der Waals surface area contributed by atoms with Gasteiger partial charge in [-0.15, -0.1) is 0 Å². The monoisotopic (exact) mass is 468 g/mol. The standard InChI is InChI=1S/C31H30FN2O/c1-17-9-12-21-23-15-24(33)28(32)27(19-10-11-20-16-31(3,4)18(2)22(20)14-19)30(23)35-29(21)26(17)25-8-6-7-13-34(25)5/h6-15,18H,16,33H2,1-5H3/q+1/i16D2,18D. The lowest BCUT2D eigenvalue weighted by Gasteiger charge is -2.23. The number of anilines is 1. The molecule has 1 unspecified atom stereocenters. The van der Waals surface area contributed by atoms with Crippen LogP contribution < -0.4 is 10.3 Å². The molecule has 4 heteroatoms. The van der Waals surface area contributed by atoms with Gasteiger partial charge in [0.2, 0.25) is 5.69 Å². The van der Waals surface area contributed by atoms with Gasteiger partial charge in [0.25, 0.3) is 0 Å². The first-order valence-electron chi connectivity index (χ1n) is 13.3. The number of halogens is 1. The molecule has 0 radical (unpaired) electrons. The number of hydrogen-bond acceptors (Lipinski definition) is 2. The number of furan rings is 1. The van der Waals surface area contributed by atoms with Crippen LogP contribution in [0.5, 0.6) is 0 Å². The summed E-state index contributed by atoms with van der Waals surface area (Å²) in [6.07, 6.45) is 0.264. The van der Waals surface area contributed by atoms with Crippen LogP contribution >= 0.6 is 0 Å². The highest BCUT2D eigenvalue weighted by molar-refractivity contribution is 6.14. The van der Waals surface area contributed by atoms with Gasteiger partial charge in [-0.25, -0.2) is 8.96 Å². The molecule has 2 aromatic heterocycles. The van der Waals surface area contributed by atoms with Gasteiger partial charge in [-0.3, -0.25) is 0 Å². The van der Waals surface area contributed by atoms with E-state index >= 15 is 4.39 Å². The molecule has 35 heavy (non-hydrogen) atoms. The van der Waals surface area contributed by atoms with Crippen molar-refractivity contribution < 1.29 is 17.5 Å². The van der Waals surface area contributed by atoms with Crippen LogP contribution in [0.4, 0.5) is 10.1 Å². The Morgan fingerprint density at radius 1 is 1.09 bits per heavy atom. The number of fused-ring (bicyclic) bond motifs is 4. The molecule has 0 amide bonds. The van der Waals surface area contributed by atoms with Crippen LogP contribution in [0.25, 0.3) is 44.3 Å². The van der Waals surface area contributed by atoms with Crippen molar-refractivity contribution in [1.82, 2.24) is 0 Å². The van der Waals surface area contributed by atoms with Crippen molar-refractivity contribution in [2.24, 2.45) is 12.5 Å². The lowest BCUT2D eigenvalue weighted by atomic mass is 9.81. The van der Waals surface area contributed by atoms with Crippen molar-refractivity contribution in [3.8, 4) is 22.4 Å². The van der Waals surface area contributed by atoms with Gasteiger partial charge in [-0.1, -0.05) is 51.1 Å². The highest BCUT2D eigenvalue weighted by Gasteiger charge is 2.36. The number of nitrogens with zero attached hydrogens (tertiary/aromatic N) is 1. The third-order valence-corrected chi connectivity index (χ3v) is 7.51. The molecular formula is C31H30FN2O+. The summed E-state index contributed by atoms with van der Waals surface area (Å²) in [6, 6.07) is 16.7. The Hall–Kier alpha value is -3.66. The molecule has 0 saturated heterocycles. The fourth-order valence-electron chi connectivity index (χ4n) is 5.32. The summed E-state index contributed by atoms with van der Waals surface area (Å²) >= 11 is 0. The van der Waals surface area contributed by atoms with Gasteiger partial charge in [0.05, 0.1) is 16.8 Å². The number of rotatable bonds is 2. The van der Waals surface area contributed by atoms with E-state index in [0.717, 1.165) is 22.2 Å². The first-order valence-corrected chi connectivity index (χ1v) is 11.8. The number of pyridine rings is 1. The zero-order valence-electron chi connectivity index (χ0n) is 23.6. The van der Waals surface area contributed by atoms with Crippen molar-refractivity contribution in [3.63, 3.8) is 0 Å². The lowest BCUT2D eigenvalue weighted by Crippen LogP contribution is -2.30. The van der Waals surface area contributed by atoms with E-state index in [2.05, 4.69) is 0 Å². The van der Waals surface area contributed by atoms with E-state index in [9.17, 15) is 0 Å². The molecule has 0 saturated carbocycles. The Balaban J connectivity index is 1.69. The largest absolute Gasteiger partial charge is 0.454 e. The van der Waals surface area contributed by atoms with Gasteiger partial charge in [-0.05, 0) is 59.0 Å². The first kappa shape index (κ1) is 18.6. The average Bonchev–Trinajstić information content (AvgIpc) is 3.26. The van der Waals surface area contributed by atoms with E-state index in [1.54, 1.807) is 45.0 Å². The average molecular weight is 469 g/mol. The molecule has 0 bridgehead atoms. The van der Waals surface area contributed by atoms with Crippen LogP contribution in [0.2, 0.25) is 0 Å². The molecule has 3 aromatic carbocycles. The zero-order chi connectivity index (χ0) is 27.4. The summed E-state index contributed by atoms with van der Waals surface area (Å²) in [5.41, 5.74) is 10.9. The second-order valence-corrected chi connectivity index (χ2v) is 10.1. The third kappa shape index (κ3) is 3.12. The Morgan fingerprint density at radius 2 is 1.86 bits per heavy atom. The predicted octanol–water partition coefficient (Wildman–Crippen LogP) is 7.46. The highest BCUT2D eigenvalue weighted by Crippen LogP contribution is 2.49. The van der Waals surface area contributed by atoms with Gasteiger partial charge in [0, 0.05) is 27.0 Å². The van der Waals surface area contributed by atoms with E-state index in [4.69, 9.17) is 14.3 Å². The molecule has 0 spiro atoms. The van der Waals surface area contributed by atoms with Crippen molar-refractivity contribution in [2.45, 2.75) is 40.0 Å². The topological polar surface area (TPSA) is 43.0 Å². The molecule has 1 atom stereocenters. The van der Waals surface area contributed by atoms with Crippen LogP contribution in [0.15, 0.2) is 65.2 Å². The van der Waals surface area contributed by atoms with Crippen molar-refractivity contribution >= 4 is 27.6 Å². The van der Waals surface area contributed by atoms with Gasteiger partial charge >= 0.3 is 0 Å². The fourth-order valence-corrected chi connectivity index (χ4v) is 5.32. The maximum Gasteiger partial charge on any atom is 0.216 e. The molecule has 0 fully saturated rings. The Kier molecular flexibility index (Phi) is 3.95. The smallest absolute Gasteiger partial charge is 0.216 e. The van der Waals surface area contributed by atoms with Gasteiger partial charge in [0.1, 0.15) is 18.2 Å². The minimum absolute atomic E-state index is 0.00684. The summed E-state index contributed by atoms with van der Waals surface area (Å²) in [5.74, 6) is -1.81. The second-order valence-electron chi connectivity index (χ2n) is 10.1. The van der Waals surface area contributed by atoms with E-state index in [1.807, 2.05) is 55.1 Å². The van der Waals surface area contributed by atoms with Crippen molar-refractivity contribution in [1.29, 1.82) is 0 Å². The van der Waals surface area contributed by atoms with Crippen LogP contribution in [0.3, 0.4) is 0 Å². The maximum atomic E-state index is 15.9. The summed E-state index contributed by atoms with van der Waals surface area (Å²) in [4.78, 5) is 0. The molecular weight excluding hydrogens is 435 g/mol. The molecule has 0 aliphatic heterocycles. The normalized spacial score (nSPS) is 21.6. The van der Waals surface area contributed by atoms with Crippen LogP contribution in [-0.2, 0) is 13.4 Å². The van der Waals surface area contributed by atoms with Crippen LogP contribution in [-0.4, -0.2) is 0 Å². The van der Waals surface area contributed by atoms with E-state index in [1.165, 1.54) is 0 Å². The van der Waals surface area contributed by atoms with Crippen LogP contribution in [0.1, 0.15) is 47.5 Å². The van der Waals surface area contributed by atoms with Crippen LogP contribution in [0, 0.1) is 18.2 Å². The SMILES string of the molecule is [2H]C1([2H])c2ccc(-c3c(F)c(N)cc4c3oc3c(-c5cccc[n+]5C)c(C)ccc34)cc2C([2H])(C)C1(C)C. The Labute approximate surface area is 209 Å². The number of nitrogen functional groups attached to an aromatic ring is 1. The van der Waals surface area contributed by atoms with E-state index < -0.39 is 23.5 Å². The summed E-state index contributed by atoms with van der Waals surface area (Å²) in [5, 5.41) is 1.54. The molecule has 1 aliphatic carbocycles. The molecule has 176 valence electrons. The van der Waals surface area contributed by atoms with Crippen molar-refractivity contribution in [2.75, 3.05) is 5.73 Å². The highest BCUT2D eigenvalue weighted by atomic mass is 19.1. The lowest BCUT2D eigenvalue weighted by molar-refractivity contribution is -0.660. The summed E-state index contributed by atoms with van der Waals surface area (Å²) < 4.78 is 51.0. The molecule has 6 rings (SSSR count). The molecule has 2 N–H and O–H groups in total. The fraction of sp³-hybridized carbons (Fsp3) is 0.258. The predicted molar refractivity (Wildman–Crippen MR) is 141 cm³/mol. The second kappa shape index (κ2) is 7.42. The minimum atomic E-state index is -1.71. The zero-order valence-corrected chi connectivity index (χ0v) is 20.6. The molecule has 2 heterocycles. The summed E-state index contributed by atoms with van der Waals surface area (Å²) in [7, 11) is 1.97. The van der Waals surface area contributed by atoms with Gasteiger partial charge < -0.3 is 10.2 Å². The maximum absolute atomic E-state index is 15.9. The molecule has 5 aromatic rings. The molecule has 3 nitrogen and oxygen atoms in total. The first-order chi connectivity index (χ1) is 17.8. The number of benzene rings is 3. The van der Waals surface area contributed by atoms with E-state index in [0.29, 0.717) is 33.2 Å². The third-order valence-electron chi connectivity index (χ3n) is 7.51. The summed E-state index contributed by atoms with van der Waals surface area (Å²) in [6.45, 7) is 7.29. The number of hydrogen-bond donors (Lipinski definition) is 1. The minimum Gasteiger partial charge on any atom is -0.454 e. The molecule has 1 aliphatic rings. The quantitative estimate of drug-likeness (QED) is 0.216. The number of aromatic nitrogens is 1. The Bertz CT molecular complexity index is 1800. The Morgan fingerprint density at radius 3 is 2.63 bits per heavy atom.